The van der Waals surface area contributed by atoms with Crippen LogP contribution in [-0.4, -0.2) is 19.9 Å². The second-order valence-corrected chi connectivity index (χ2v) is 5.66. The highest BCUT2D eigenvalue weighted by molar-refractivity contribution is 7.18. The molecular weight excluding hydrogens is 272 g/mol. The van der Waals surface area contributed by atoms with E-state index in [1.807, 2.05) is 31.2 Å². The van der Waals surface area contributed by atoms with Gasteiger partial charge < -0.3 is 4.42 Å². The Morgan fingerprint density at radius 3 is 2.95 bits per heavy atom. The number of nitrogens with zero attached hydrogens (tertiary/aromatic N) is 4. The Labute approximate surface area is 118 Å². The summed E-state index contributed by atoms with van der Waals surface area (Å²) < 4.78 is 5.69. The molecule has 6 heteroatoms. The molecule has 0 unspecified atom stereocenters. The lowest BCUT2D eigenvalue weighted by Crippen LogP contribution is -1.94. The Morgan fingerprint density at radius 1 is 1.15 bits per heavy atom. The normalized spacial score (nSPS) is 11.4. The highest BCUT2D eigenvalue weighted by Gasteiger charge is 2.09. The zero-order chi connectivity index (χ0) is 13.5. The zero-order valence-corrected chi connectivity index (χ0v) is 11.5. The molecule has 0 spiro atoms. The van der Waals surface area contributed by atoms with Gasteiger partial charge in [0.1, 0.15) is 5.52 Å². The third-order valence-corrected chi connectivity index (χ3v) is 3.82. The van der Waals surface area contributed by atoms with Crippen LogP contribution in [-0.2, 0) is 6.42 Å². The molecule has 4 aromatic rings. The topological polar surface area (TPSA) is 64.7 Å². The van der Waals surface area contributed by atoms with E-state index in [4.69, 9.17) is 4.42 Å². The van der Waals surface area contributed by atoms with E-state index >= 15 is 0 Å². The lowest BCUT2D eigenvalue weighted by molar-refractivity contribution is 0.542. The molecule has 0 amide bonds. The largest absolute Gasteiger partial charge is 0.440 e. The van der Waals surface area contributed by atoms with Gasteiger partial charge in [0.2, 0.25) is 5.89 Å². The molecule has 98 valence electrons. The average molecular weight is 282 g/mol. The predicted molar refractivity (Wildman–Crippen MR) is 76.8 cm³/mol. The number of benzene rings is 1. The minimum Gasteiger partial charge on any atom is -0.440 e. The fraction of sp³-hybridized carbons (Fsp3) is 0.143. The molecule has 4 rings (SSSR count). The SMILES string of the molecule is Cc1nc2nc(Cc3nc4ccccc4o3)cnc2s1. The summed E-state index contributed by atoms with van der Waals surface area (Å²) in [7, 11) is 0. The number of fused-ring (bicyclic) bond motifs is 2. The summed E-state index contributed by atoms with van der Waals surface area (Å²) >= 11 is 1.55. The van der Waals surface area contributed by atoms with Crippen LogP contribution in [0.4, 0.5) is 0 Å². The van der Waals surface area contributed by atoms with Gasteiger partial charge in [0.05, 0.1) is 23.3 Å². The van der Waals surface area contributed by atoms with Crippen LogP contribution < -0.4 is 0 Å². The van der Waals surface area contributed by atoms with Crippen molar-refractivity contribution in [3.8, 4) is 0 Å². The summed E-state index contributed by atoms with van der Waals surface area (Å²) in [6.07, 6.45) is 2.28. The molecule has 0 fully saturated rings. The van der Waals surface area contributed by atoms with Crippen LogP contribution in [0, 0.1) is 6.92 Å². The zero-order valence-electron chi connectivity index (χ0n) is 10.7. The Hall–Kier alpha value is -2.34. The highest BCUT2D eigenvalue weighted by atomic mass is 32.1. The van der Waals surface area contributed by atoms with E-state index in [1.54, 1.807) is 17.5 Å². The molecule has 0 saturated carbocycles. The first-order valence-corrected chi connectivity index (χ1v) is 7.03. The summed E-state index contributed by atoms with van der Waals surface area (Å²) in [6.45, 7) is 1.95. The summed E-state index contributed by atoms with van der Waals surface area (Å²) in [6, 6.07) is 7.71. The molecule has 0 aliphatic carbocycles. The molecule has 0 saturated heterocycles. The summed E-state index contributed by atoms with van der Waals surface area (Å²) in [4.78, 5) is 18.5. The van der Waals surface area contributed by atoms with Gasteiger partial charge in [-0.1, -0.05) is 23.5 Å². The Morgan fingerprint density at radius 2 is 2.05 bits per heavy atom. The van der Waals surface area contributed by atoms with Crippen LogP contribution in [0.25, 0.3) is 21.6 Å². The van der Waals surface area contributed by atoms with Gasteiger partial charge in [0.25, 0.3) is 0 Å². The van der Waals surface area contributed by atoms with Gasteiger partial charge in [-0.3, -0.25) is 0 Å². The van der Waals surface area contributed by atoms with Crippen LogP contribution in [0.5, 0.6) is 0 Å². The lowest BCUT2D eigenvalue weighted by Gasteiger charge is -1.95. The van der Waals surface area contributed by atoms with E-state index < -0.39 is 0 Å². The lowest BCUT2D eigenvalue weighted by atomic mass is 10.3. The Balaban J connectivity index is 1.72. The van der Waals surface area contributed by atoms with Crippen molar-refractivity contribution in [2.75, 3.05) is 0 Å². The number of hydrogen-bond acceptors (Lipinski definition) is 6. The molecule has 3 aromatic heterocycles. The van der Waals surface area contributed by atoms with Crippen molar-refractivity contribution in [1.29, 1.82) is 0 Å². The number of aryl methyl sites for hydroxylation is 1. The first-order chi connectivity index (χ1) is 9.78. The fourth-order valence-electron chi connectivity index (χ4n) is 2.10. The van der Waals surface area contributed by atoms with E-state index in [2.05, 4.69) is 19.9 Å². The maximum Gasteiger partial charge on any atom is 0.201 e. The van der Waals surface area contributed by atoms with Crippen LogP contribution in [0.15, 0.2) is 34.9 Å². The molecule has 0 aliphatic rings. The number of thiazole rings is 1. The van der Waals surface area contributed by atoms with Crippen molar-refractivity contribution in [1.82, 2.24) is 19.9 Å². The minimum absolute atomic E-state index is 0.522. The Kier molecular flexibility index (Phi) is 2.50. The molecule has 3 heterocycles. The average Bonchev–Trinajstić information content (AvgIpc) is 2.99. The van der Waals surface area contributed by atoms with E-state index in [-0.39, 0.29) is 0 Å². The van der Waals surface area contributed by atoms with E-state index in [0.29, 0.717) is 18.0 Å². The number of hydrogen-bond donors (Lipinski definition) is 0. The number of aromatic nitrogens is 4. The fourth-order valence-corrected chi connectivity index (χ4v) is 2.80. The highest BCUT2D eigenvalue weighted by Crippen LogP contribution is 2.20. The molecule has 5 nitrogen and oxygen atoms in total. The Bertz CT molecular complexity index is 879. The van der Waals surface area contributed by atoms with Crippen molar-refractivity contribution in [3.63, 3.8) is 0 Å². The van der Waals surface area contributed by atoms with Gasteiger partial charge in [0.15, 0.2) is 16.1 Å². The molecule has 20 heavy (non-hydrogen) atoms. The first-order valence-electron chi connectivity index (χ1n) is 6.21. The van der Waals surface area contributed by atoms with Crippen molar-refractivity contribution < 1.29 is 4.42 Å². The van der Waals surface area contributed by atoms with Gasteiger partial charge in [0, 0.05) is 0 Å². The number of rotatable bonds is 2. The monoisotopic (exact) mass is 282 g/mol. The van der Waals surface area contributed by atoms with Crippen molar-refractivity contribution in [2.24, 2.45) is 0 Å². The predicted octanol–water partition coefficient (Wildman–Crippen LogP) is 3.13. The second-order valence-electron chi connectivity index (χ2n) is 4.48. The summed E-state index contributed by atoms with van der Waals surface area (Å²) in [5.74, 6) is 0.645. The van der Waals surface area contributed by atoms with Gasteiger partial charge in [-0.2, -0.15) is 0 Å². The first kappa shape index (κ1) is 11.5. The minimum atomic E-state index is 0.522. The maximum absolute atomic E-state index is 5.69. The van der Waals surface area contributed by atoms with Crippen LogP contribution >= 0.6 is 11.3 Å². The third kappa shape index (κ3) is 1.94. The smallest absolute Gasteiger partial charge is 0.201 e. The number of oxazole rings is 1. The van der Waals surface area contributed by atoms with Crippen LogP contribution in [0.1, 0.15) is 16.6 Å². The number of para-hydroxylation sites is 2. The van der Waals surface area contributed by atoms with Crippen molar-refractivity contribution >= 4 is 32.9 Å². The van der Waals surface area contributed by atoms with Crippen molar-refractivity contribution in [3.05, 3.63) is 47.1 Å². The van der Waals surface area contributed by atoms with Gasteiger partial charge in [-0.15, -0.1) is 0 Å². The van der Waals surface area contributed by atoms with Gasteiger partial charge >= 0.3 is 0 Å². The van der Waals surface area contributed by atoms with Crippen LogP contribution in [0.2, 0.25) is 0 Å². The molecule has 0 N–H and O–H groups in total. The molecule has 0 bridgehead atoms. The molecule has 0 radical (unpaired) electrons. The van der Waals surface area contributed by atoms with E-state index in [9.17, 15) is 0 Å². The standard InChI is InChI=1S/C14H10N4OS/c1-8-16-13-14(20-8)15-7-9(17-13)6-12-18-10-4-2-3-5-11(10)19-12/h2-5,7H,6H2,1H3. The second kappa shape index (κ2) is 4.35. The third-order valence-electron chi connectivity index (χ3n) is 2.95. The maximum atomic E-state index is 5.69. The van der Waals surface area contributed by atoms with Crippen molar-refractivity contribution in [2.45, 2.75) is 13.3 Å². The summed E-state index contributed by atoms with van der Waals surface area (Å²) in [5, 5.41) is 0.971. The van der Waals surface area contributed by atoms with Crippen LogP contribution in [0.3, 0.4) is 0 Å². The van der Waals surface area contributed by atoms with E-state index in [1.165, 1.54) is 0 Å². The van der Waals surface area contributed by atoms with Gasteiger partial charge in [-0.25, -0.2) is 19.9 Å². The molecule has 1 aromatic carbocycles. The molecule has 0 aliphatic heterocycles. The quantitative estimate of drug-likeness (QED) is 0.565. The molecule has 0 atom stereocenters. The summed E-state index contributed by atoms with van der Waals surface area (Å²) in [5.41, 5.74) is 3.16. The van der Waals surface area contributed by atoms with Gasteiger partial charge in [-0.05, 0) is 19.1 Å². The van der Waals surface area contributed by atoms with E-state index in [0.717, 1.165) is 26.6 Å². The molecular formula is C14H10N4OS.